The Bertz CT molecular complexity index is 1510. The van der Waals surface area contributed by atoms with E-state index in [9.17, 15) is 9.59 Å². The molecule has 48 heavy (non-hydrogen) atoms. The summed E-state index contributed by atoms with van der Waals surface area (Å²) >= 11 is 0. The van der Waals surface area contributed by atoms with Crippen molar-refractivity contribution in [1.82, 2.24) is 14.7 Å². The number of hydrogen-bond acceptors (Lipinski definition) is 6. The van der Waals surface area contributed by atoms with Gasteiger partial charge in [0.15, 0.2) is 0 Å². The van der Waals surface area contributed by atoms with Crippen molar-refractivity contribution in [3.8, 4) is 0 Å². The van der Waals surface area contributed by atoms with Gasteiger partial charge in [0.25, 0.3) is 5.91 Å². The standard InChI is InChI=1S/C40H53N5O3/c1-30-26-34(41-4)27-31(2)38(30)39(47)43-20-16-40(3,17-21-43)44-18-14-36(15-19-44)45(29-33-8-6-5-7-9-33)35-12-10-32(11-13-35)28-37(46)42-22-24-48-25-23-42/h5-13,26-27,36,41H,14-25,28-29H2,1-4H3. The van der Waals surface area contributed by atoms with Gasteiger partial charge in [-0.2, -0.15) is 0 Å². The number of hydrogen-bond donors (Lipinski definition) is 1. The number of benzene rings is 3. The van der Waals surface area contributed by atoms with E-state index in [0.717, 1.165) is 86.3 Å². The number of carbonyl (C=O) groups is 2. The van der Waals surface area contributed by atoms with E-state index in [2.05, 4.69) is 93.7 Å². The van der Waals surface area contributed by atoms with Gasteiger partial charge >= 0.3 is 0 Å². The Kier molecular flexibility index (Phi) is 10.7. The molecule has 0 saturated carbocycles. The predicted molar refractivity (Wildman–Crippen MR) is 194 cm³/mol. The summed E-state index contributed by atoms with van der Waals surface area (Å²) in [6.45, 7) is 13.7. The van der Waals surface area contributed by atoms with E-state index in [1.807, 2.05) is 25.8 Å². The Labute approximate surface area is 287 Å². The zero-order chi connectivity index (χ0) is 33.7. The lowest BCUT2D eigenvalue weighted by Crippen LogP contribution is -2.58. The molecule has 0 unspecified atom stereocenters. The van der Waals surface area contributed by atoms with Crippen LogP contribution in [-0.2, 0) is 22.5 Å². The predicted octanol–water partition coefficient (Wildman–Crippen LogP) is 5.91. The molecule has 8 nitrogen and oxygen atoms in total. The Hall–Kier alpha value is -3.88. The maximum Gasteiger partial charge on any atom is 0.254 e. The van der Waals surface area contributed by atoms with Crippen LogP contribution in [0.2, 0.25) is 0 Å². The van der Waals surface area contributed by atoms with Gasteiger partial charge in [-0.3, -0.25) is 14.5 Å². The minimum Gasteiger partial charge on any atom is -0.388 e. The van der Waals surface area contributed by atoms with Crippen LogP contribution in [0.4, 0.5) is 11.4 Å². The fourth-order valence-corrected chi connectivity index (χ4v) is 7.94. The lowest BCUT2D eigenvalue weighted by Gasteiger charge is -2.50. The van der Waals surface area contributed by atoms with Gasteiger partial charge in [-0.1, -0.05) is 42.5 Å². The molecule has 0 atom stereocenters. The molecule has 0 aliphatic carbocycles. The third kappa shape index (κ3) is 7.71. The molecule has 8 heteroatoms. The highest BCUT2D eigenvalue weighted by atomic mass is 16.5. The number of rotatable bonds is 9. The zero-order valence-corrected chi connectivity index (χ0v) is 29.3. The molecule has 1 N–H and O–H groups in total. The number of anilines is 2. The van der Waals surface area contributed by atoms with E-state index in [1.165, 1.54) is 11.3 Å². The number of piperidine rings is 2. The van der Waals surface area contributed by atoms with E-state index in [-0.39, 0.29) is 17.4 Å². The summed E-state index contributed by atoms with van der Waals surface area (Å²) in [5, 5.41) is 3.20. The van der Waals surface area contributed by atoms with Crippen molar-refractivity contribution >= 4 is 23.2 Å². The van der Waals surface area contributed by atoms with Gasteiger partial charge < -0.3 is 24.8 Å². The Balaban J connectivity index is 1.08. The van der Waals surface area contributed by atoms with Crippen molar-refractivity contribution in [2.24, 2.45) is 0 Å². The first-order valence-electron chi connectivity index (χ1n) is 17.8. The molecule has 3 aromatic carbocycles. The van der Waals surface area contributed by atoms with E-state index < -0.39 is 0 Å². The molecule has 3 aliphatic rings. The summed E-state index contributed by atoms with van der Waals surface area (Å²) in [5.41, 5.74) is 7.66. The Morgan fingerprint density at radius 2 is 1.46 bits per heavy atom. The van der Waals surface area contributed by atoms with Crippen LogP contribution < -0.4 is 10.2 Å². The summed E-state index contributed by atoms with van der Waals surface area (Å²) in [6.07, 6.45) is 4.61. The van der Waals surface area contributed by atoms with Crippen LogP contribution in [-0.4, -0.2) is 97.6 Å². The number of carbonyl (C=O) groups excluding carboxylic acids is 2. The minimum atomic E-state index is 0.0980. The van der Waals surface area contributed by atoms with Crippen LogP contribution in [0.5, 0.6) is 0 Å². The maximum atomic E-state index is 13.6. The molecule has 6 rings (SSSR count). The van der Waals surface area contributed by atoms with Gasteiger partial charge in [-0.15, -0.1) is 0 Å². The molecule has 0 aromatic heterocycles. The number of nitrogens with one attached hydrogen (secondary N) is 1. The van der Waals surface area contributed by atoms with E-state index in [0.29, 0.717) is 38.8 Å². The average molecular weight is 652 g/mol. The smallest absolute Gasteiger partial charge is 0.254 e. The van der Waals surface area contributed by atoms with Crippen LogP contribution in [0.3, 0.4) is 0 Å². The highest BCUT2D eigenvalue weighted by molar-refractivity contribution is 5.97. The molecule has 3 aliphatic heterocycles. The maximum absolute atomic E-state index is 13.6. The molecule has 0 spiro atoms. The number of morpholine rings is 1. The number of ether oxygens (including phenoxy) is 1. The number of aryl methyl sites for hydroxylation is 2. The van der Waals surface area contributed by atoms with Crippen LogP contribution in [0.25, 0.3) is 0 Å². The van der Waals surface area contributed by atoms with E-state index in [1.54, 1.807) is 0 Å². The number of likely N-dealkylation sites (tertiary alicyclic amines) is 2. The lowest BCUT2D eigenvalue weighted by molar-refractivity contribution is -0.134. The molecule has 3 heterocycles. The highest BCUT2D eigenvalue weighted by Crippen LogP contribution is 2.35. The molecule has 3 saturated heterocycles. The molecule has 0 bridgehead atoms. The fourth-order valence-electron chi connectivity index (χ4n) is 7.94. The number of amides is 2. The monoisotopic (exact) mass is 651 g/mol. The summed E-state index contributed by atoms with van der Waals surface area (Å²) in [6, 6.07) is 24.0. The van der Waals surface area contributed by atoms with Crippen molar-refractivity contribution < 1.29 is 14.3 Å². The van der Waals surface area contributed by atoms with Gasteiger partial charge in [0.1, 0.15) is 0 Å². The zero-order valence-electron chi connectivity index (χ0n) is 29.3. The molecule has 0 radical (unpaired) electrons. The third-order valence-electron chi connectivity index (χ3n) is 11.0. The minimum absolute atomic E-state index is 0.0980. The Morgan fingerprint density at radius 3 is 2.06 bits per heavy atom. The van der Waals surface area contributed by atoms with Crippen LogP contribution in [0.15, 0.2) is 66.7 Å². The summed E-state index contributed by atoms with van der Waals surface area (Å²) < 4.78 is 5.42. The quantitative estimate of drug-likeness (QED) is 0.310. The highest BCUT2D eigenvalue weighted by Gasteiger charge is 2.39. The van der Waals surface area contributed by atoms with Gasteiger partial charge in [0.2, 0.25) is 5.91 Å². The fraction of sp³-hybridized carbons (Fsp3) is 0.500. The second kappa shape index (κ2) is 15.1. The topological polar surface area (TPSA) is 68.4 Å². The molecular formula is C40H53N5O3. The van der Waals surface area contributed by atoms with Crippen molar-refractivity contribution in [2.75, 3.05) is 69.7 Å². The normalized spacial score (nSPS) is 18.8. The Morgan fingerprint density at radius 1 is 0.833 bits per heavy atom. The van der Waals surface area contributed by atoms with Crippen molar-refractivity contribution in [1.29, 1.82) is 0 Å². The van der Waals surface area contributed by atoms with Crippen LogP contribution in [0, 0.1) is 13.8 Å². The molecule has 3 aromatic rings. The SMILES string of the molecule is CNc1cc(C)c(C(=O)N2CCC(C)(N3CCC(N(Cc4ccccc4)c4ccc(CC(=O)N5CCOCC5)cc4)CC3)CC2)c(C)c1. The van der Waals surface area contributed by atoms with Crippen molar-refractivity contribution in [3.63, 3.8) is 0 Å². The third-order valence-corrected chi connectivity index (χ3v) is 11.0. The second-order valence-electron chi connectivity index (χ2n) is 14.2. The van der Waals surface area contributed by atoms with Crippen molar-refractivity contribution in [2.45, 2.75) is 71.0 Å². The molecule has 256 valence electrons. The van der Waals surface area contributed by atoms with E-state index >= 15 is 0 Å². The summed E-state index contributed by atoms with van der Waals surface area (Å²) in [4.78, 5) is 35.8. The van der Waals surface area contributed by atoms with Crippen molar-refractivity contribution in [3.05, 3.63) is 94.5 Å². The van der Waals surface area contributed by atoms with Crippen LogP contribution >= 0.6 is 0 Å². The van der Waals surface area contributed by atoms with Gasteiger partial charge in [0, 0.05) is 81.4 Å². The molecule has 2 amide bonds. The first kappa shape index (κ1) is 34.0. The van der Waals surface area contributed by atoms with Gasteiger partial charge in [0.05, 0.1) is 19.6 Å². The molecule has 3 fully saturated rings. The second-order valence-corrected chi connectivity index (χ2v) is 14.2. The largest absolute Gasteiger partial charge is 0.388 e. The summed E-state index contributed by atoms with van der Waals surface area (Å²) in [5.74, 6) is 0.345. The number of nitrogens with zero attached hydrogens (tertiary/aromatic N) is 4. The first-order valence-corrected chi connectivity index (χ1v) is 17.8. The summed E-state index contributed by atoms with van der Waals surface area (Å²) in [7, 11) is 1.92. The first-order chi connectivity index (χ1) is 23.2. The van der Waals surface area contributed by atoms with E-state index in [4.69, 9.17) is 4.74 Å². The van der Waals surface area contributed by atoms with Crippen LogP contribution in [0.1, 0.15) is 65.2 Å². The van der Waals surface area contributed by atoms with Gasteiger partial charge in [-0.05, 0) is 93.0 Å². The lowest BCUT2D eigenvalue weighted by atomic mass is 9.85. The average Bonchev–Trinajstić information content (AvgIpc) is 3.12. The molecular weight excluding hydrogens is 598 g/mol. The van der Waals surface area contributed by atoms with Gasteiger partial charge in [-0.25, -0.2) is 0 Å².